The van der Waals surface area contributed by atoms with Gasteiger partial charge in [0.15, 0.2) is 5.75 Å². The van der Waals surface area contributed by atoms with Crippen molar-refractivity contribution in [1.29, 1.82) is 0 Å². The van der Waals surface area contributed by atoms with Crippen molar-refractivity contribution in [2.24, 2.45) is 5.73 Å². The fourth-order valence-electron chi connectivity index (χ4n) is 3.24. The van der Waals surface area contributed by atoms with Gasteiger partial charge in [0.2, 0.25) is 0 Å². The first kappa shape index (κ1) is 18.8. The quantitative estimate of drug-likeness (QED) is 0.461. The number of anilines is 1. The number of hydrogen-bond donors (Lipinski definition) is 2. The van der Waals surface area contributed by atoms with Crippen molar-refractivity contribution in [3.63, 3.8) is 0 Å². The molecule has 2 amide bonds. The molecule has 8 nitrogen and oxygen atoms in total. The van der Waals surface area contributed by atoms with Gasteiger partial charge >= 0.3 is 5.69 Å². The molecule has 3 rings (SSSR count). The minimum Gasteiger partial charge on any atom is -0.490 e. The fourth-order valence-corrected chi connectivity index (χ4v) is 4.53. The molecule has 0 fully saturated rings. The fraction of sp³-hybridized carbons (Fsp3) is 0.333. The number of amides is 2. The van der Waals surface area contributed by atoms with Gasteiger partial charge < -0.3 is 15.8 Å². The number of ether oxygens (including phenoxy) is 1. The zero-order valence-electron chi connectivity index (χ0n) is 14.7. The highest BCUT2D eigenvalue weighted by Crippen LogP contribution is 2.37. The molecule has 142 valence electrons. The van der Waals surface area contributed by atoms with Crippen LogP contribution < -0.4 is 15.8 Å². The van der Waals surface area contributed by atoms with Gasteiger partial charge in [-0.3, -0.25) is 19.7 Å². The second kappa shape index (κ2) is 7.75. The molecule has 1 aliphatic rings. The molecule has 0 atom stereocenters. The maximum Gasteiger partial charge on any atom is 0.311 e. The number of nitro groups is 1. The first-order chi connectivity index (χ1) is 12.9. The summed E-state index contributed by atoms with van der Waals surface area (Å²) in [5.74, 6) is -1.05. The van der Waals surface area contributed by atoms with Gasteiger partial charge in [-0.05, 0) is 43.4 Å². The maximum atomic E-state index is 12.6. The summed E-state index contributed by atoms with van der Waals surface area (Å²) in [6.45, 7) is 0. The molecular weight excluding hydrogens is 370 g/mol. The topological polar surface area (TPSA) is 125 Å². The number of nitro benzene ring substituents is 1. The molecule has 0 unspecified atom stereocenters. The number of nitrogens with zero attached hydrogens (tertiary/aromatic N) is 1. The van der Waals surface area contributed by atoms with E-state index in [-0.39, 0.29) is 17.0 Å². The Labute approximate surface area is 159 Å². The van der Waals surface area contributed by atoms with Crippen LogP contribution in [0.15, 0.2) is 18.2 Å². The lowest BCUT2D eigenvalue weighted by molar-refractivity contribution is -0.385. The van der Waals surface area contributed by atoms with Gasteiger partial charge in [0.1, 0.15) is 5.00 Å². The average Bonchev–Trinajstić information content (AvgIpc) is 2.82. The summed E-state index contributed by atoms with van der Waals surface area (Å²) >= 11 is 1.35. The van der Waals surface area contributed by atoms with Crippen LogP contribution in [0.1, 0.15) is 50.4 Å². The lowest BCUT2D eigenvalue weighted by Crippen LogP contribution is -2.18. The zero-order valence-corrected chi connectivity index (χ0v) is 15.6. The Kier molecular flexibility index (Phi) is 5.41. The predicted molar refractivity (Wildman–Crippen MR) is 102 cm³/mol. The van der Waals surface area contributed by atoms with Crippen LogP contribution in [0.25, 0.3) is 0 Å². The maximum absolute atomic E-state index is 12.6. The Bertz CT molecular complexity index is 922. The molecule has 0 aliphatic heterocycles. The lowest BCUT2D eigenvalue weighted by Gasteiger charge is -2.07. The molecule has 0 spiro atoms. The number of nitrogens with one attached hydrogen (secondary N) is 1. The number of nitrogens with two attached hydrogens (primary N) is 1. The van der Waals surface area contributed by atoms with E-state index >= 15 is 0 Å². The van der Waals surface area contributed by atoms with Crippen LogP contribution in [0, 0.1) is 10.1 Å². The second-order valence-corrected chi connectivity index (χ2v) is 7.34. The number of carbonyl (C=O) groups is 2. The van der Waals surface area contributed by atoms with Crippen molar-refractivity contribution in [2.75, 3.05) is 12.4 Å². The number of primary amides is 1. The summed E-state index contributed by atoms with van der Waals surface area (Å²) in [6, 6.07) is 3.95. The van der Waals surface area contributed by atoms with E-state index in [0.29, 0.717) is 10.6 Å². The Morgan fingerprint density at radius 3 is 2.67 bits per heavy atom. The molecule has 3 N–H and O–H groups in total. The van der Waals surface area contributed by atoms with Gasteiger partial charge in [-0.2, -0.15) is 0 Å². The molecule has 0 radical (unpaired) electrons. The van der Waals surface area contributed by atoms with E-state index in [1.807, 2.05) is 0 Å². The van der Waals surface area contributed by atoms with E-state index in [9.17, 15) is 19.7 Å². The van der Waals surface area contributed by atoms with Gasteiger partial charge in [0.05, 0.1) is 17.6 Å². The van der Waals surface area contributed by atoms with Gasteiger partial charge in [0.25, 0.3) is 11.8 Å². The van der Waals surface area contributed by atoms with Gasteiger partial charge in [-0.25, -0.2) is 0 Å². The van der Waals surface area contributed by atoms with E-state index in [0.717, 1.165) is 48.6 Å². The SMILES string of the molecule is COc1ccc(C(=O)Nc2sc3c(c2C(N)=O)CCCCC3)cc1[N+](=O)[O-]. The van der Waals surface area contributed by atoms with Crippen molar-refractivity contribution in [2.45, 2.75) is 32.1 Å². The summed E-state index contributed by atoms with van der Waals surface area (Å²) in [5, 5.41) is 14.3. The lowest BCUT2D eigenvalue weighted by atomic mass is 10.1. The van der Waals surface area contributed by atoms with Gasteiger partial charge in [-0.15, -0.1) is 11.3 Å². The number of carbonyl (C=O) groups excluding carboxylic acids is 2. The third-order valence-corrected chi connectivity index (χ3v) is 5.74. The molecule has 0 bridgehead atoms. The summed E-state index contributed by atoms with van der Waals surface area (Å²) < 4.78 is 4.94. The van der Waals surface area contributed by atoms with Crippen molar-refractivity contribution in [3.05, 3.63) is 49.9 Å². The van der Waals surface area contributed by atoms with Crippen molar-refractivity contribution < 1.29 is 19.2 Å². The van der Waals surface area contributed by atoms with Crippen LogP contribution >= 0.6 is 11.3 Å². The van der Waals surface area contributed by atoms with Gasteiger partial charge in [0, 0.05) is 16.5 Å². The number of hydrogen-bond acceptors (Lipinski definition) is 6. The number of benzene rings is 1. The van der Waals surface area contributed by atoms with Crippen molar-refractivity contribution >= 4 is 33.8 Å². The van der Waals surface area contributed by atoms with E-state index in [1.54, 1.807) is 0 Å². The highest BCUT2D eigenvalue weighted by molar-refractivity contribution is 7.17. The second-order valence-electron chi connectivity index (χ2n) is 6.23. The first-order valence-corrected chi connectivity index (χ1v) is 9.32. The summed E-state index contributed by atoms with van der Waals surface area (Å²) in [5.41, 5.74) is 6.63. The van der Waals surface area contributed by atoms with Crippen LogP contribution in [0.4, 0.5) is 10.7 Å². The molecule has 2 aromatic rings. The molecule has 1 aromatic heterocycles. The standard InChI is InChI=1S/C18H19N3O5S/c1-26-13-8-7-10(9-12(13)21(24)25)17(23)20-18-15(16(19)22)11-5-3-2-4-6-14(11)27-18/h7-9H,2-6H2,1H3,(H2,19,22)(H,20,23). The molecule has 0 saturated heterocycles. The number of methoxy groups -OCH3 is 1. The number of fused-ring (bicyclic) bond motifs is 1. The Hall–Kier alpha value is -2.94. The van der Waals surface area contributed by atoms with E-state index < -0.39 is 16.7 Å². The zero-order chi connectivity index (χ0) is 19.6. The Morgan fingerprint density at radius 2 is 2.00 bits per heavy atom. The van der Waals surface area contributed by atoms with E-state index in [1.165, 1.54) is 30.6 Å². The largest absolute Gasteiger partial charge is 0.490 e. The smallest absolute Gasteiger partial charge is 0.311 e. The normalized spacial score (nSPS) is 13.4. The van der Waals surface area contributed by atoms with Crippen LogP contribution in [-0.4, -0.2) is 23.8 Å². The highest BCUT2D eigenvalue weighted by atomic mass is 32.1. The summed E-state index contributed by atoms with van der Waals surface area (Å²) in [6.07, 6.45) is 4.71. The van der Waals surface area contributed by atoms with Crippen LogP contribution in [-0.2, 0) is 12.8 Å². The molecule has 27 heavy (non-hydrogen) atoms. The van der Waals surface area contributed by atoms with Crippen LogP contribution in [0.2, 0.25) is 0 Å². The highest BCUT2D eigenvalue weighted by Gasteiger charge is 2.25. The van der Waals surface area contributed by atoms with E-state index in [2.05, 4.69) is 5.32 Å². The van der Waals surface area contributed by atoms with Crippen molar-refractivity contribution in [3.8, 4) is 5.75 Å². The number of rotatable bonds is 5. The van der Waals surface area contributed by atoms with Crippen molar-refractivity contribution in [1.82, 2.24) is 0 Å². The molecule has 9 heteroatoms. The monoisotopic (exact) mass is 389 g/mol. The third-order valence-electron chi connectivity index (χ3n) is 4.53. The first-order valence-electron chi connectivity index (χ1n) is 8.50. The average molecular weight is 389 g/mol. The molecule has 1 heterocycles. The van der Waals surface area contributed by atoms with Crippen LogP contribution in [0.5, 0.6) is 5.75 Å². The molecule has 1 aromatic carbocycles. The minimum atomic E-state index is -0.613. The third kappa shape index (κ3) is 3.77. The summed E-state index contributed by atoms with van der Waals surface area (Å²) in [4.78, 5) is 36.2. The minimum absolute atomic E-state index is 0.0669. The van der Waals surface area contributed by atoms with E-state index in [4.69, 9.17) is 10.5 Å². The Morgan fingerprint density at radius 1 is 1.26 bits per heavy atom. The molecule has 1 aliphatic carbocycles. The van der Waals surface area contributed by atoms with Gasteiger partial charge in [-0.1, -0.05) is 6.42 Å². The number of thiophene rings is 1. The Balaban J connectivity index is 1.94. The van der Waals surface area contributed by atoms with Crippen LogP contribution in [0.3, 0.4) is 0 Å². The number of aryl methyl sites for hydroxylation is 1. The molecule has 0 saturated carbocycles. The predicted octanol–water partition coefficient (Wildman–Crippen LogP) is 3.29. The summed E-state index contributed by atoms with van der Waals surface area (Å²) in [7, 11) is 1.32. The molecular formula is C18H19N3O5S.